The quantitative estimate of drug-likeness (QED) is 0.413. The first-order valence-corrected chi connectivity index (χ1v) is 12.0. The maximum atomic E-state index is 13.6. The first-order chi connectivity index (χ1) is 17.4. The van der Waals surface area contributed by atoms with Gasteiger partial charge in [0.25, 0.3) is 0 Å². The highest BCUT2D eigenvalue weighted by atomic mass is 19.4. The van der Waals surface area contributed by atoms with Crippen LogP contribution in [0.5, 0.6) is 0 Å². The van der Waals surface area contributed by atoms with E-state index in [9.17, 15) is 27.2 Å². The van der Waals surface area contributed by atoms with Crippen molar-refractivity contribution in [2.45, 2.75) is 50.1 Å². The number of alkyl halides is 3. The molecule has 37 heavy (non-hydrogen) atoms. The molecule has 5 rings (SSSR count). The van der Waals surface area contributed by atoms with E-state index in [0.717, 1.165) is 16.5 Å². The molecule has 3 saturated heterocycles. The molecule has 2 aromatic carbocycles. The molecule has 2 amide bonds. The number of ether oxygens (including phenoxy) is 1. The SMILES string of the molecule is CN(CCC12CCC(C)(O1)C1C(=O)N(c3ccc(C#N)c(C(F)(F)F)c3)C(=O)C12)Cc1ccc(F)cc1. The van der Waals surface area contributed by atoms with Crippen LogP contribution in [0.15, 0.2) is 42.5 Å². The fourth-order valence-corrected chi connectivity index (χ4v) is 6.23. The monoisotopic (exact) mass is 515 g/mol. The zero-order valence-corrected chi connectivity index (χ0v) is 20.3. The molecule has 0 N–H and O–H groups in total. The number of imide groups is 1. The minimum Gasteiger partial charge on any atom is -0.367 e. The summed E-state index contributed by atoms with van der Waals surface area (Å²) in [6, 6.07) is 10.6. The van der Waals surface area contributed by atoms with Gasteiger partial charge in [-0.25, -0.2) is 9.29 Å². The zero-order valence-electron chi connectivity index (χ0n) is 20.3. The molecule has 3 aliphatic rings. The van der Waals surface area contributed by atoms with Gasteiger partial charge in [-0.1, -0.05) is 12.1 Å². The number of benzene rings is 2. The number of fused-ring (bicyclic) bond motifs is 5. The van der Waals surface area contributed by atoms with E-state index < -0.39 is 52.2 Å². The van der Waals surface area contributed by atoms with Crippen LogP contribution in [0.3, 0.4) is 0 Å². The van der Waals surface area contributed by atoms with Gasteiger partial charge in [-0.2, -0.15) is 18.4 Å². The van der Waals surface area contributed by atoms with Gasteiger partial charge >= 0.3 is 6.18 Å². The largest absolute Gasteiger partial charge is 0.417 e. The summed E-state index contributed by atoms with van der Waals surface area (Å²) >= 11 is 0. The van der Waals surface area contributed by atoms with Crippen LogP contribution in [0.2, 0.25) is 0 Å². The topological polar surface area (TPSA) is 73.6 Å². The molecule has 0 aromatic heterocycles. The van der Waals surface area contributed by atoms with Crippen LogP contribution < -0.4 is 4.90 Å². The number of carbonyl (C=O) groups is 2. The summed E-state index contributed by atoms with van der Waals surface area (Å²) in [5.74, 6) is -3.06. The molecule has 0 spiro atoms. The Morgan fingerprint density at radius 2 is 1.78 bits per heavy atom. The van der Waals surface area contributed by atoms with Gasteiger partial charge in [0, 0.05) is 13.1 Å². The molecule has 3 aliphatic heterocycles. The van der Waals surface area contributed by atoms with Gasteiger partial charge < -0.3 is 9.64 Å². The number of hydrogen-bond acceptors (Lipinski definition) is 5. The van der Waals surface area contributed by atoms with E-state index in [1.807, 2.05) is 11.9 Å². The highest BCUT2D eigenvalue weighted by Gasteiger charge is 2.73. The van der Waals surface area contributed by atoms with Crippen molar-refractivity contribution in [2.75, 3.05) is 18.5 Å². The molecule has 0 saturated carbocycles. The number of carbonyl (C=O) groups excluding carboxylic acids is 2. The van der Waals surface area contributed by atoms with E-state index >= 15 is 0 Å². The highest BCUT2D eigenvalue weighted by molar-refractivity contribution is 6.23. The Morgan fingerprint density at radius 3 is 2.43 bits per heavy atom. The van der Waals surface area contributed by atoms with Crippen molar-refractivity contribution in [1.29, 1.82) is 5.26 Å². The van der Waals surface area contributed by atoms with Gasteiger partial charge in [-0.3, -0.25) is 9.59 Å². The summed E-state index contributed by atoms with van der Waals surface area (Å²) in [7, 11) is 1.89. The van der Waals surface area contributed by atoms with Gasteiger partial charge in [-0.15, -0.1) is 0 Å². The average Bonchev–Trinajstić information content (AvgIpc) is 3.43. The van der Waals surface area contributed by atoms with Crippen LogP contribution in [0.25, 0.3) is 0 Å². The molecular formula is C27H25F4N3O3. The van der Waals surface area contributed by atoms with Gasteiger partial charge in [0.05, 0.1) is 45.9 Å². The zero-order chi connectivity index (χ0) is 26.8. The van der Waals surface area contributed by atoms with Crippen LogP contribution in [-0.2, 0) is 27.0 Å². The second-order valence-electron chi connectivity index (χ2n) is 10.4. The number of nitrogens with zero attached hydrogens (tertiary/aromatic N) is 3. The first-order valence-electron chi connectivity index (χ1n) is 12.0. The molecule has 4 atom stereocenters. The summed E-state index contributed by atoms with van der Waals surface area (Å²) in [6.07, 6.45) is -3.24. The maximum absolute atomic E-state index is 13.6. The summed E-state index contributed by atoms with van der Waals surface area (Å²) in [5.41, 5.74) is -2.83. The minimum atomic E-state index is -4.81. The molecule has 194 valence electrons. The van der Waals surface area contributed by atoms with Gasteiger partial charge in [0.1, 0.15) is 5.82 Å². The van der Waals surface area contributed by atoms with E-state index in [4.69, 9.17) is 10.00 Å². The number of hydrogen-bond donors (Lipinski definition) is 0. The van der Waals surface area contributed by atoms with Crippen LogP contribution in [0.4, 0.5) is 23.2 Å². The van der Waals surface area contributed by atoms with E-state index in [0.29, 0.717) is 38.4 Å². The van der Waals surface area contributed by atoms with Crippen LogP contribution in [0, 0.1) is 29.0 Å². The van der Waals surface area contributed by atoms with Crippen molar-refractivity contribution in [2.24, 2.45) is 11.8 Å². The number of anilines is 1. The Hall–Kier alpha value is -3.29. The molecule has 3 fully saturated rings. The molecule has 2 bridgehead atoms. The fraction of sp³-hybridized carbons (Fsp3) is 0.444. The third-order valence-electron chi connectivity index (χ3n) is 7.98. The van der Waals surface area contributed by atoms with E-state index in [1.54, 1.807) is 19.1 Å². The summed E-state index contributed by atoms with van der Waals surface area (Å²) in [4.78, 5) is 30.0. The lowest BCUT2D eigenvalue weighted by atomic mass is 9.67. The summed E-state index contributed by atoms with van der Waals surface area (Å²) in [6.45, 7) is 2.87. The Balaban J connectivity index is 1.40. The lowest BCUT2D eigenvalue weighted by Crippen LogP contribution is -2.44. The number of amides is 2. The number of nitriles is 1. The van der Waals surface area contributed by atoms with E-state index in [1.165, 1.54) is 24.3 Å². The van der Waals surface area contributed by atoms with Crippen LogP contribution in [0.1, 0.15) is 42.9 Å². The standard InChI is InChI=1S/C27H25F4N3O3/c1-25-9-10-26(37-25,11-12-33(2)15-16-3-6-18(28)7-4-16)22-21(25)23(35)34(24(22)36)19-8-5-17(14-32)20(13-19)27(29,30)31/h3-8,13,21-22H,9-12,15H2,1-2H3. The van der Waals surface area contributed by atoms with Crippen molar-refractivity contribution in [3.05, 3.63) is 65.0 Å². The fourth-order valence-electron chi connectivity index (χ4n) is 6.23. The molecule has 4 unspecified atom stereocenters. The third-order valence-corrected chi connectivity index (χ3v) is 7.98. The van der Waals surface area contributed by atoms with Crippen LogP contribution >= 0.6 is 0 Å². The normalized spacial score (nSPS) is 28.8. The number of halogens is 4. The van der Waals surface area contributed by atoms with Crippen molar-refractivity contribution < 1.29 is 31.9 Å². The van der Waals surface area contributed by atoms with Gasteiger partial charge in [0.15, 0.2) is 0 Å². The molecule has 0 aliphatic carbocycles. The second kappa shape index (κ2) is 8.64. The highest BCUT2D eigenvalue weighted by Crippen LogP contribution is 2.62. The molecule has 10 heteroatoms. The van der Waals surface area contributed by atoms with Crippen LogP contribution in [-0.4, -0.2) is 41.5 Å². The van der Waals surface area contributed by atoms with Crippen molar-refractivity contribution in [3.63, 3.8) is 0 Å². The molecular weight excluding hydrogens is 490 g/mol. The lowest BCUT2D eigenvalue weighted by Gasteiger charge is -2.32. The second-order valence-corrected chi connectivity index (χ2v) is 10.4. The predicted octanol–water partition coefficient (Wildman–Crippen LogP) is 4.67. The smallest absolute Gasteiger partial charge is 0.367 e. The van der Waals surface area contributed by atoms with E-state index in [-0.39, 0.29) is 11.5 Å². The van der Waals surface area contributed by atoms with Crippen molar-refractivity contribution in [1.82, 2.24) is 4.90 Å². The predicted molar refractivity (Wildman–Crippen MR) is 124 cm³/mol. The van der Waals surface area contributed by atoms with Crippen molar-refractivity contribution in [3.8, 4) is 6.07 Å². The van der Waals surface area contributed by atoms with Crippen molar-refractivity contribution >= 4 is 17.5 Å². The number of rotatable bonds is 6. The first kappa shape index (κ1) is 25.4. The Kier molecular flexibility index (Phi) is 5.92. The Labute approximate surface area is 211 Å². The third kappa shape index (κ3) is 4.10. The average molecular weight is 516 g/mol. The molecule has 2 aromatic rings. The van der Waals surface area contributed by atoms with Gasteiger partial charge in [0.2, 0.25) is 11.8 Å². The maximum Gasteiger partial charge on any atom is 0.417 e. The lowest BCUT2D eigenvalue weighted by molar-refractivity contribution is -0.138. The Morgan fingerprint density at radius 1 is 1.11 bits per heavy atom. The molecule has 3 heterocycles. The molecule has 0 radical (unpaired) electrons. The molecule has 6 nitrogen and oxygen atoms in total. The summed E-state index contributed by atoms with van der Waals surface area (Å²) < 4.78 is 60.3. The Bertz CT molecular complexity index is 1310. The summed E-state index contributed by atoms with van der Waals surface area (Å²) in [5, 5.41) is 9.09. The van der Waals surface area contributed by atoms with E-state index in [2.05, 4.69) is 0 Å². The minimum absolute atomic E-state index is 0.192. The van der Waals surface area contributed by atoms with Gasteiger partial charge in [-0.05, 0) is 69.1 Å².